The van der Waals surface area contributed by atoms with Crippen molar-refractivity contribution in [3.05, 3.63) is 59.7 Å². The summed E-state index contributed by atoms with van der Waals surface area (Å²) < 4.78 is 19.8. The van der Waals surface area contributed by atoms with Crippen LogP contribution in [0.3, 0.4) is 0 Å². The van der Waals surface area contributed by atoms with Crippen molar-refractivity contribution >= 4 is 45.6 Å². The topological polar surface area (TPSA) is 88.2 Å². The maximum absolute atomic E-state index is 13.6. The quantitative estimate of drug-likeness (QED) is 0.296. The normalized spacial score (nSPS) is 12.1. The minimum absolute atomic E-state index is 0.00175. The molecule has 1 atom stereocenters. The van der Waals surface area contributed by atoms with E-state index < -0.39 is 5.82 Å². The Kier molecular flexibility index (Phi) is 9.18. The third kappa shape index (κ3) is 6.65. The number of fused-ring (bicyclic) bond motifs is 1. The third-order valence-electron chi connectivity index (χ3n) is 5.13. The number of anilines is 3. The van der Waals surface area contributed by atoms with E-state index in [0.29, 0.717) is 40.4 Å². The molecule has 2 aromatic carbocycles. The summed E-state index contributed by atoms with van der Waals surface area (Å²) in [7, 11) is 1.80. The van der Waals surface area contributed by atoms with Gasteiger partial charge in [-0.3, -0.25) is 4.79 Å². The Labute approximate surface area is 203 Å². The van der Waals surface area contributed by atoms with Gasteiger partial charge < -0.3 is 20.7 Å². The first-order valence-corrected chi connectivity index (χ1v) is 11.6. The van der Waals surface area contributed by atoms with E-state index in [9.17, 15) is 9.18 Å². The zero-order chi connectivity index (χ0) is 24.5. The Morgan fingerprint density at radius 3 is 2.76 bits per heavy atom. The Morgan fingerprint density at radius 2 is 2.06 bits per heavy atom. The van der Waals surface area contributed by atoms with E-state index in [1.807, 2.05) is 0 Å². The molecule has 1 aromatic heterocycles. The molecule has 3 N–H and O–H groups in total. The molecule has 0 radical (unpaired) electrons. The average Bonchev–Trinajstić information content (AvgIpc) is 2.82. The fourth-order valence-corrected chi connectivity index (χ4v) is 3.58. The zero-order valence-electron chi connectivity index (χ0n) is 19.5. The maximum atomic E-state index is 13.6. The van der Waals surface area contributed by atoms with E-state index >= 15 is 0 Å². The molecule has 180 valence electrons. The lowest BCUT2D eigenvalue weighted by Crippen LogP contribution is -2.17. The molecule has 3 aromatic rings. The van der Waals surface area contributed by atoms with Crippen LogP contribution in [0.1, 0.15) is 33.1 Å². The lowest BCUT2D eigenvalue weighted by molar-refractivity contribution is -0.111. The van der Waals surface area contributed by atoms with Crippen LogP contribution in [-0.4, -0.2) is 35.6 Å². The summed E-state index contributed by atoms with van der Waals surface area (Å²) in [5, 5.41) is 9.68. The highest BCUT2D eigenvalue weighted by Gasteiger charge is 2.16. The summed E-state index contributed by atoms with van der Waals surface area (Å²) in [6, 6.07) is 7.90. The third-order valence-corrected chi connectivity index (χ3v) is 5.42. The van der Waals surface area contributed by atoms with Gasteiger partial charge in [0.2, 0.25) is 5.91 Å². The first-order chi connectivity index (χ1) is 16.4. The maximum Gasteiger partial charge on any atom is 0.248 e. The van der Waals surface area contributed by atoms with E-state index in [1.165, 1.54) is 24.5 Å². The van der Waals surface area contributed by atoms with Crippen LogP contribution in [0.2, 0.25) is 5.02 Å². The number of nitrogens with zero attached hydrogens (tertiary/aromatic N) is 2. The van der Waals surface area contributed by atoms with Crippen LogP contribution in [0.5, 0.6) is 5.75 Å². The standard InChI is InChI=1S/C25H29ClFN5O2/c1-4-7-17(5-2)34-23-14-21-18(13-22(23)32-24(33)8-6-11-28-3)25(30-15-29-21)31-16-9-10-20(27)19(26)12-16/h6,8-10,12-15,17,28H,4-5,7,11H2,1-3H3,(H,32,33)(H,29,30,31)/b8-6+/t17-/m1/s1. The summed E-state index contributed by atoms with van der Waals surface area (Å²) in [4.78, 5) is 21.2. The second-order valence-electron chi connectivity index (χ2n) is 7.73. The fraction of sp³-hybridized carbons (Fsp3) is 0.320. The summed E-state index contributed by atoms with van der Waals surface area (Å²) >= 11 is 5.92. The molecule has 0 spiro atoms. The van der Waals surface area contributed by atoms with E-state index in [4.69, 9.17) is 16.3 Å². The zero-order valence-corrected chi connectivity index (χ0v) is 20.2. The lowest BCUT2D eigenvalue weighted by atomic mass is 10.1. The van der Waals surface area contributed by atoms with Crippen molar-refractivity contribution in [1.29, 1.82) is 0 Å². The number of benzene rings is 2. The number of hydrogen-bond acceptors (Lipinski definition) is 6. The summed E-state index contributed by atoms with van der Waals surface area (Å²) in [6.45, 7) is 4.75. The molecule has 0 unspecified atom stereocenters. The van der Waals surface area contributed by atoms with Crippen molar-refractivity contribution in [2.45, 2.75) is 39.2 Å². The van der Waals surface area contributed by atoms with Gasteiger partial charge in [0.25, 0.3) is 0 Å². The molecule has 34 heavy (non-hydrogen) atoms. The van der Waals surface area contributed by atoms with Gasteiger partial charge in [-0.1, -0.05) is 37.9 Å². The van der Waals surface area contributed by atoms with E-state index in [-0.39, 0.29) is 17.0 Å². The predicted molar refractivity (Wildman–Crippen MR) is 136 cm³/mol. The average molecular weight is 486 g/mol. The van der Waals surface area contributed by atoms with Crippen molar-refractivity contribution in [2.75, 3.05) is 24.2 Å². The van der Waals surface area contributed by atoms with Crippen LogP contribution in [0, 0.1) is 5.82 Å². The molecule has 0 aliphatic heterocycles. The number of amides is 1. The number of aromatic nitrogens is 2. The first-order valence-electron chi connectivity index (χ1n) is 11.2. The smallest absolute Gasteiger partial charge is 0.248 e. The van der Waals surface area contributed by atoms with E-state index in [0.717, 1.165) is 19.3 Å². The van der Waals surface area contributed by atoms with Crippen molar-refractivity contribution < 1.29 is 13.9 Å². The van der Waals surface area contributed by atoms with Crippen LogP contribution in [-0.2, 0) is 4.79 Å². The number of rotatable bonds is 11. The minimum Gasteiger partial charge on any atom is -0.488 e. The highest BCUT2D eigenvalue weighted by Crippen LogP contribution is 2.35. The molecule has 1 heterocycles. The molecule has 0 aliphatic rings. The van der Waals surface area contributed by atoms with E-state index in [2.05, 4.69) is 39.8 Å². The van der Waals surface area contributed by atoms with Gasteiger partial charge >= 0.3 is 0 Å². The number of likely N-dealkylation sites (N-methyl/N-ethyl adjacent to an activating group) is 1. The largest absolute Gasteiger partial charge is 0.488 e. The Morgan fingerprint density at radius 1 is 1.24 bits per heavy atom. The molecule has 0 saturated heterocycles. The number of nitrogens with one attached hydrogen (secondary N) is 3. The molecular weight excluding hydrogens is 457 g/mol. The van der Waals surface area contributed by atoms with Gasteiger partial charge in [0, 0.05) is 29.8 Å². The summed E-state index contributed by atoms with van der Waals surface area (Å²) in [5.41, 5.74) is 1.72. The van der Waals surface area contributed by atoms with Crippen molar-refractivity contribution in [2.24, 2.45) is 0 Å². The van der Waals surface area contributed by atoms with Gasteiger partial charge in [0.1, 0.15) is 23.7 Å². The molecule has 7 nitrogen and oxygen atoms in total. The van der Waals surface area contributed by atoms with Gasteiger partial charge in [-0.25, -0.2) is 14.4 Å². The van der Waals surface area contributed by atoms with Crippen molar-refractivity contribution in [3.8, 4) is 5.75 Å². The molecular formula is C25H29ClFN5O2. The molecule has 1 amide bonds. The molecule has 0 aliphatic carbocycles. The fourth-order valence-electron chi connectivity index (χ4n) is 3.40. The predicted octanol–water partition coefficient (Wildman–Crippen LogP) is 5.84. The highest BCUT2D eigenvalue weighted by atomic mass is 35.5. The second kappa shape index (κ2) is 12.3. The van der Waals surface area contributed by atoms with Gasteiger partial charge in [-0.15, -0.1) is 0 Å². The van der Waals surface area contributed by atoms with Crippen LogP contribution in [0.15, 0.2) is 48.8 Å². The number of halogens is 2. The van der Waals surface area contributed by atoms with Gasteiger partial charge in [-0.05, 0) is 44.2 Å². The Balaban J connectivity index is 2.02. The highest BCUT2D eigenvalue weighted by molar-refractivity contribution is 6.31. The van der Waals surface area contributed by atoms with Gasteiger partial charge in [0.05, 0.1) is 22.3 Å². The lowest BCUT2D eigenvalue weighted by Gasteiger charge is -2.20. The number of ether oxygens (including phenoxy) is 1. The second-order valence-corrected chi connectivity index (χ2v) is 8.13. The van der Waals surface area contributed by atoms with Crippen LogP contribution >= 0.6 is 11.6 Å². The van der Waals surface area contributed by atoms with Crippen molar-refractivity contribution in [1.82, 2.24) is 15.3 Å². The van der Waals surface area contributed by atoms with Gasteiger partial charge in [-0.2, -0.15) is 0 Å². The SMILES string of the molecule is CCC[C@@H](CC)Oc1cc2ncnc(Nc3ccc(F)c(Cl)c3)c2cc1NC(=O)/C=C/CNC. The van der Waals surface area contributed by atoms with Crippen molar-refractivity contribution in [3.63, 3.8) is 0 Å². The molecule has 0 fully saturated rings. The molecule has 9 heteroatoms. The summed E-state index contributed by atoms with van der Waals surface area (Å²) in [5.74, 6) is 0.244. The van der Waals surface area contributed by atoms with Crippen LogP contribution < -0.4 is 20.7 Å². The Hall–Kier alpha value is -3.23. The van der Waals surface area contributed by atoms with Gasteiger partial charge in [0.15, 0.2) is 0 Å². The molecule has 0 saturated carbocycles. The number of hydrogen-bond donors (Lipinski definition) is 3. The van der Waals surface area contributed by atoms with Crippen LogP contribution in [0.25, 0.3) is 10.9 Å². The van der Waals surface area contributed by atoms with Crippen LogP contribution in [0.4, 0.5) is 21.6 Å². The first kappa shape index (κ1) is 25.4. The minimum atomic E-state index is -0.504. The number of carbonyl (C=O) groups is 1. The molecule has 3 rings (SSSR count). The Bertz CT molecular complexity index is 1170. The number of carbonyl (C=O) groups excluding carboxylic acids is 1. The monoisotopic (exact) mass is 485 g/mol. The summed E-state index contributed by atoms with van der Waals surface area (Å²) in [6.07, 6.45) is 7.36. The van der Waals surface area contributed by atoms with E-state index in [1.54, 1.807) is 31.3 Å². The molecule has 0 bridgehead atoms.